The quantitative estimate of drug-likeness (QED) is 0.0536. The topological polar surface area (TPSA) is 162 Å². The molecule has 0 saturated heterocycles. The van der Waals surface area contributed by atoms with E-state index in [4.69, 9.17) is 42.4 Å². The summed E-state index contributed by atoms with van der Waals surface area (Å²) in [5.74, 6) is 5.51. The highest BCUT2D eigenvalue weighted by molar-refractivity contribution is 7.85. The van der Waals surface area contributed by atoms with Crippen LogP contribution in [0.2, 0.25) is 0 Å². The lowest BCUT2D eigenvalue weighted by Crippen LogP contribution is -2.08. The number of aryl methyl sites for hydroxylation is 6. The molecule has 1 N–H and O–H groups in total. The number of rotatable bonds is 21. The molecule has 446 valence electrons. The minimum atomic E-state index is -4.02. The number of carbonyl (C=O) groups is 2. The van der Waals surface area contributed by atoms with Crippen LogP contribution in [0.1, 0.15) is 119 Å². The number of ketones is 2. The van der Waals surface area contributed by atoms with Crippen molar-refractivity contribution >= 4 is 21.7 Å². The molecule has 0 fully saturated rings. The van der Waals surface area contributed by atoms with Crippen LogP contribution in [-0.4, -0.2) is 70.8 Å². The van der Waals surface area contributed by atoms with Crippen molar-refractivity contribution in [1.82, 2.24) is 0 Å². The third-order valence-electron chi connectivity index (χ3n) is 11.8. The van der Waals surface area contributed by atoms with Crippen LogP contribution in [0.3, 0.4) is 0 Å². The van der Waals surface area contributed by atoms with Crippen molar-refractivity contribution in [2.24, 2.45) is 0 Å². The van der Waals surface area contributed by atoms with E-state index in [2.05, 4.69) is 43.3 Å². The van der Waals surface area contributed by atoms with Gasteiger partial charge >= 0.3 is 0 Å². The summed E-state index contributed by atoms with van der Waals surface area (Å²) in [5.41, 5.74) is 11.1. The lowest BCUT2D eigenvalue weighted by atomic mass is 10.00. The molecule has 82 heavy (non-hydrogen) atoms. The van der Waals surface area contributed by atoms with Crippen molar-refractivity contribution in [2.45, 2.75) is 135 Å². The summed E-state index contributed by atoms with van der Waals surface area (Å²) in [5, 5.41) is 0. The Morgan fingerprint density at radius 3 is 1.04 bits per heavy atom. The average molecular weight is 1150 g/mol. The van der Waals surface area contributed by atoms with Crippen molar-refractivity contribution in [3.05, 3.63) is 195 Å². The van der Waals surface area contributed by atoms with Crippen LogP contribution in [0, 0.1) is 34.6 Å². The number of ether oxygens (including phenoxy) is 8. The van der Waals surface area contributed by atoms with Gasteiger partial charge in [-0.1, -0.05) is 85.3 Å². The van der Waals surface area contributed by atoms with Crippen molar-refractivity contribution in [3.63, 3.8) is 0 Å². The predicted molar refractivity (Wildman–Crippen MR) is 330 cm³/mol. The Morgan fingerprint density at radius 2 is 0.707 bits per heavy atom. The number of carbonyl (C=O) groups excluding carboxylic acids is 2. The molecule has 0 saturated carbocycles. The van der Waals surface area contributed by atoms with E-state index in [1.165, 1.54) is 41.0 Å². The van der Waals surface area contributed by atoms with Crippen LogP contribution in [-0.2, 0) is 55.4 Å². The summed E-state index contributed by atoms with van der Waals surface area (Å²) in [7, 11) is -4.02. The van der Waals surface area contributed by atoms with Gasteiger partial charge in [-0.05, 0) is 203 Å². The third kappa shape index (κ3) is 26.6. The largest absolute Gasteiger partial charge is 0.494 e. The van der Waals surface area contributed by atoms with E-state index in [0.29, 0.717) is 64.0 Å². The first-order chi connectivity index (χ1) is 39.2. The normalized spacial score (nSPS) is 11.4. The molecule has 0 amide bonds. The molecule has 7 rings (SSSR count). The van der Waals surface area contributed by atoms with Gasteiger partial charge in [-0.3, -0.25) is 14.1 Å². The fourth-order valence-electron chi connectivity index (χ4n) is 7.50. The fourth-order valence-corrected chi connectivity index (χ4v) is 7.98. The predicted octanol–water partition coefficient (Wildman–Crippen LogP) is 15.5. The molecule has 14 heteroatoms. The highest BCUT2D eigenvalue weighted by Gasteiger charge is 2.14. The van der Waals surface area contributed by atoms with Crippen LogP contribution in [0.4, 0.5) is 0 Å². The highest BCUT2D eigenvalue weighted by Crippen LogP contribution is 2.32. The Morgan fingerprint density at radius 1 is 0.378 bits per heavy atom. The number of allylic oxidation sites excluding steroid dienone is 4. The summed E-state index contributed by atoms with van der Waals surface area (Å²) in [6, 6.07) is 38.6. The number of hydrogen-bond donors (Lipinski definition) is 1. The van der Waals surface area contributed by atoms with E-state index >= 15 is 0 Å². The molecule has 1 aliphatic rings. The van der Waals surface area contributed by atoms with Crippen LogP contribution >= 0.6 is 0 Å². The van der Waals surface area contributed by atoms with Crippen molar-refractivity contribution in [2.75, 3.05) is 46.2 Å². The molecule has 0 bridgehead atoms. The maximum Gasteiger partial charge on any atom is 0.294 e. The first kappa shape index (κ1) is 70.9. The fraction of sp³-hybridized carbons (Fsp3) is 0.382. The second-order valence-corrected chi connectivity index (χ2v) is 20.0. The van der Waals surface area contributed by atoms with Gasteiger partial charge < -0.3 is 37.9 Å². The van der Waals surface area contributed by atoms with Gasteiger partial charge in [0.15, 0.2) is 11.6 Å². The zero-order valence-electron chi connectivity index (χ0n) is 51.2. The maximum absolute atomic E-state index is 10.9. The van der Waals surface area contributed by atoms with Crippen LogP contribution < -0.4 is 28.4 Å². The summed E-state index contributed by atoms with van der Waals surface area (Å²) in [6.45, 7) is 36.1. The van der Waals surface area contributed by atoms with Crippen LogP contribution in [0.15, 0.2) is 150 Å². The molecule has 0 aromatic heterocycles. The molecule has 0 aliphatic heterocycles. The molecule has 0 atom stereocenters. The van der Waals surface area contributed by atoms with Gasteiger partial charge in [-0.15, -0.1) is 0 Å². The summed E-state index contributed by atoms with van der Waals surface area (Å²) >= 11 is 0. The van der Waals surface area contributed by atoms with Gasteiger partial charge in [0.2, 0.25) is 0 Å². The van der Waals surface area contributed by atoms with E-state index in [1.807, 2.05) is 144 Å². The Balaban J connectivity index is 0.000000346. The second kappa shape index (κ2) is 39.2. The molecule has 0 unspecified atom stereocenters. The highest BCUT2D eigenvalue weighted by atomic mass is 32.2. The first-order valence-corrected chi connectivity index (χ1v) is 29.5. The van der Waals surface area contributed by atoms with Gasteiger partial charge in [-0.2, -0.15) is 8.42 Å². The Hall–Kier alpha value is -7.23. The smallest absolute Gasteiger partial charge is 0.294 e. The molecule has 0 radical (unpaired) electrons. The van der Waals surface area contributed by atoms with E-state index in [1.54, 1.807) is 26.0 Å². The van der Waals surface area contributed by atoms with Gasteiger partial charge in [-0.25, -0.2) is 0 Å². The molecular weight excluding hydrogens is 1060 g/mol. The summed E-state index contributed by atoms with van der Waals surface area (Å²) < 4.78 is 74.2. The maximum atomic E-state index is 10.9. The van der Waals surface area contributed by atoms with Gasteiger partial charge in [0.1, 0.15) is 34.5 Å². The monoisotopic (exact) mass is 1150 g/mol. The van der Waals surface area contributed by atoms with Gasteiger partial charge in [0, 0.05) is 23.3 Å². The van der Waals surface area contributed by atoms with Crippen molar-refractivity contribution in [1.29, 1.82) is 0 Å². The Bertz CT molecular complexity index is 2850. The summed E-state index contributed by atoms with van der Waals surface area (Å²) in [6.07, 6.45) is 3.66. The molecule has 0 heterocycles. The van der Waals surface area contributed by atoms with E-state index in [0.717, 1.165) is 87.5 Å². The third-order valence-corrected chi connectivity index (χ3v) is 12.7. The van der Waals surface area contributed by atoms with Crippen molar-refractivity contribution < 1.29 is 60.5 Å². The van der Waals surface area contributed by atoms with E-state index < -0.39 is 10.1 Å². The summed E-state index contributed by atoms with van der Waals surface area (Å²) in [4.78, 5) is 21.6. The van der Waals surface area contributed by atoms with Crippen LogP contribution in [0.5, 0.6) is 34.5 Å². The minimum Gasteiger partial charge on any atom is -0.494 e. The standard InChI is InChI=1S/C20H26O3.2C12H18O2.C9H12O.C8H8O2.C7H8O3S/c1-4-17-12-20(23-6-3)18(13-19(17)22-5-2)15-21-14-16-10-8-7-9-11-16;2*1-5-13-11-7-10(4)12(14-6-2)8-9(11)3;1-2-10-8-9-6-4-3-5-7-9;1-5-3-8(10)6(2)4-7(5)9;1-6-2-4-7(5-3-6)11(8,9)10/h7-13H,4-6,14-15H2,1-3H3;2*7-8H,5-6H2,1-4H3;3-7H,2,8H2,1H3;3-4H,1-2H3;2-5H,1H3,(H,8,9,10). The average Bonchev–Trinajstić information content (AvgIpc) is 3.48. The lowest BCUT2D eigenvalue weighted by Gasteiger charge is -2.16. The molecular formula is C68H90O13S. The van der Waals surface area contributed by atoms with Gasteiger partial charge in [0.25, 0.3) is 10.1 Å². The SMILES string of the molecule is CC1=CC(=O)C(C)=CC1=O.CCOCc1ccccc1.CCOc1cc(C)c(OCC)cc1C.CCOc1cc(C)c(OCC)cc1C.CCOc1cc(COCc2ccccc2)c(OCC)cc1CC.Cc1ccc(S(=O)(=O)O)cc1. The lowest BCUT2D eigenvalue weighted by molar-refractivity contribution is -0.115. The van der Waals surface area contributed by atoms with Crippen LogP contribution in [0.25, 0.3) is 0 Å². The Kier molecular flexibility index (Phi) is 33.9. The minimum absolute atomic E-state index is 0.0582. The second-order valence-electron chi connectivity index (χ2n) is 18.6. The molecule has 1 aliphatic carbocycles. The van der Waals surface area contributed by atoms with Gasteiger partial charge in [0.05, 0.1) is 64.4 Å². The van der Waals surface area contributed by atoms with E-state index in [-0.39, 0.29) is 16.5 Å². The van der Waals surface area contributed by atoms with Crippen molar-refractivity contribution in [3.8, 4) is 34.5 Å². The molecule has 0 spiro atoms. The number of benzene rings is 6. The Labute approximate surface area is 490 Å². The number of hydrogen-bond acceptors (Lipinski definition) is 12. The molecule has 6 aromatic carbocycles. The first-order valence-electron chi connectivity index (χ1n) is 28.1. The van der Waals surface area contributed by atoms with E-state index in [9.17, 15) is 18.0 Å². The molecule has 13 nitrogen and oxygen atoms in total. The zero-order chi connectivity index (χ0) is 61.0. The molecule has 6 aromatic rings. The zero-order valence-corrected chi connectivity index (χ0v) is 52.1.